The Balaban J connectivity index is 2.37. The second-order valence-corrected chi connectivity index (χ2v) is 10.1. The number of fused-ring (bicyclic) bond motifs is 1. The molecule has 214 valence electrons. The molecule has 1 heterocycles. The molecular formula is C28H47N5O5. The molecule has 1 saturated heterocycles. The van der Waals surface area contributed by atoms with Crippen molar-refractivity contribution in [2.24, 2.45) is 34.3 Å². The molecule has 0 bridgehead atoms. The molecular weight excluding hydrogens is 486 g/mol. The van der Waals surface area contributed by atoms with Crippen LogP contribution in [-0.4, -0.2) is 64.6 Å². The first kappa shape index (κ1) is 10.7. The van der Waals surface area contributed by atoms with Crippen LogP contribution < -0.4 is 21.7 Å². The van der Waals surface area contributed by atoms with E-state index in [1.54, 1.807) is 5.32 Å². The number of nitrogens with one attached hydrogen (secondary N) is 3. The summed E-state index contributed by atoms with van der Waals surface area (Å²) in [6.07, 6.45) is -1.25. The van der Waals surface area contributed by atoms with Gasteiger partial charge in [-0.15, -0.1) is 0 Å². The smallest absolute Gasteiger partial charge is 0.315 e. The molecule has 0 aromatic rings. The van der Waals surface area contributed by atoms with Gasteiger partial charge in [-0.05, 0) is 62.0 Å². The van der Waals surface area contributed by atoms with Crippen molar-refractivity contribution in [1.29, 1.82) is 0 Å². The van der Waals surface area contributed by atoms with E-state index >= 15 is 0 Å². The van der Waals surface area contributed by atoms with Crippen molar-refractivity contribution >= 4 is 29.5 Å². The zero-order valence-electron chi connectivity index (χ0n) is 45.2. The number of hydrogen-bond donors (Lipinski definition) is 4. The first-order chi connectivity index (χ1) is 27.7. The summed E-state index contributed by atoms with van der Waals surface area (Å²) in [7, 11) is 0. The number of nitrogens with two attached hydrogens (primary N) is 1. The molecule has 3 rings (SSSR count). The van der Waals surface area contributed by atoms with Crippen LogP contribution in [0.2, 0.25) is 0 Å². The Hall–Kier alpha value is -2.65. The molecule has 5 amide bonds. The van der Waals surface area contributed by atoms with Crippen LogP contribution in [0.1, 0.15) is 121 Å². The quantitative estimate of drug-likeness (QED) is 0.320. The summed E-state index contributed by atoms with van der Waals surface area (Å²) in [4.78, 5) is 68.5. The molecule has 2 saturated carbocycles. The SMILES string of the molecule is [2H]C(CC1CCC1)(NC(=O)[C@@H]1[C@@H]2[C@H](CN1C(=O)[C@H](CC(C([2H])([2H])[2H])(C([2H])([2H])[2H])C([2H])([2H])[2H])NC(=O)NC(C([2H])([2H])[2H])(C([2H])([2H])[2H])C([2H])([2H])[2H])C2(C([2H])([2H])[2H])C([2H])([2H])[2H])C(=O)C(N)=O. The van der Waals surface area contributed by atoms with Gasteiger partial charge in [0, 0.05) is 45.0 Å². The van der Waals surface area contributed by atoms with Crippen molar-refractivity contribution in [3.8, 4) is 0 Å². The van der Waals surface area contributed by atoms with E-state index in [9.17, 15) is 24.0 Å². The van der Waals surface area contributed by atoms with Gasteiger partial charge in [0.05, 0.1) is 7.39 Å². The van der Waals surface area contributed by atoms with Gasteiger partial charge in [-0.3, -0.25) is 19.2 Å². The van der Waals surface area contributed by atoms with Gasteiger partial charge in [-0.25, -0.2) is 4.79 Å². The lowest BCUT2D eigenvalue weighted by molar-refractivity contribution is -0.144. The molecule has 1 unspecified atom stereocenters. The predicted molar refractivity (Wildman–Crippen MR) is 144 cm³/mol. The Morgan fingerprint density at radius 2 is 1.76 bits per heavy atom. The van der Waals surface area contributed by atoms with Crippen molar-refractivity contribution in [2.75, 3.05) is 6.54 Å². The monoisotopic (exact) mass is 559 g/mol. The highest BCUT2D eigenvalue weighted by Gasteiger charge is 2.69. The zero-order valence-corrected chi connectivity index (χ0v) is 20.2. The number of amides is 5. The number of ketones is 1. The standard InChI is InChI=1S/C28H47N5O5/c1-26(2,3)13-18(31-25(38)32-27(4,5)6)24(37)33-14-16-19(28(16,7)8)20(33)23(36)30-17(21(34)22(29)35)12-15-10-9-11-15/h15-20H,9-14H2,1-8H3,(H2,29,35)(H,30,36)(H2,31,32,38)/t16-,17?,18-,19-,20-/m0/s1/i1D3,2D3,3D3,4D3,5D3,6D3,7D3,8D3,17D. The fourth-order valence-corrected chi connectivity index (χ4v) is 4.90. The fraction of sp³-hybridized carbons (Fsp3) is 0.821. The van der Waals surface area contributed by atoms with Crippen molar-refractivity contribution in [3.05, 3.63) is 0 Å². The van der Waals surface area contributed by atoms with Crippen molar-refractivity contribution in [1.82, 2.24) is 20.9 Å². The predicted octanol–water partition coefficient (Wildman–Crippen LogP) is 2.10. The van der Waals surface area contributed by atoms with Gasteiger partial charge in [0.2, 0.25) is 17.6 Å². The third-order valence-corrected chi connectivity index (χ3v) is 6.96. The van der Waals surface area contributed by atoms with E-state index in [1.165, 1.54) is 5.32 Å². The van der Waals surface area contributed by atoms with Crippen LogP contribution in [0.15, 0.2) is 0 Å². The Labute approximate surface area is 261 Å². The van der Waals surface area contributed by atoms with Gasteiger partial charge in [0.15, 0.2) is 0 Å². The summed E-state index contributed by atoms with van der Waals surface area (Å²) in [6, 6.07) is -10.7. The minimum atomic E-state index is -4.22. The maximum absolute atomic E-state index is 14.9. The normalized spacial score (nSPS) is 39.1. The minimum absolute atomic E-state index is 0.262. The molecule has 38 heavy (non-hydrogen) atoms. The molecule has 0 spiro atoms. The molecule has 0 aromatic carbocycles. The fourth-order valence-electron chi connectivity index (χ4n) is 4.90. The Morgan fingerprint density at radius 1 is 1.08 bits per heavy atom. The molecule has 2 aliphatic carbocycles. The molecule has 3 fully saturated rings. The van der Waals surface area contributed by atoms with Crippen molar-refractivity contribution in [2.45, 2.75) is 111 Å². The summed E-state index contributed by atoms with van der Waals surface area (Å²) < 4.78 is 202. The van der Waals surface area contributed by atoms with Gasteiger partial charge in [0.1, 0.15) is 12.1 Å². The van der Waals surface area contributed by atoms with Crippen molar-refractivity contribution in [3.63, 3.8) is 0 Å². The molecule has 0 aromatic heterocycles. The van der Waals surface area contributed by atoms with Gasteiger partial charge >= 0.3 is 6.03 Å². The average molecular weight is 559 g/mol. The van der Waals surface area contributed by atoms with E-state index in [-0.39, 0.29) is 4.90 Å². The minimum Gasteiger partial charge on any atom is -0.363 e. The highest BCUT2D eigenvalue weighted by Crippen LogP contribution is 2.65. The number of likely N-dealkylation sites (tertiary alicyclic amines) is 1. The van der Waals surface area contributed by atoms with Crippen LogP contribution in [0.3, 0.4) is 0 Å². The number of carbonyl (C=O) groups is 5. The second-order valence-electron chi connectivity index (χ2n) is 10.1. The van der Waals surface area contributed by atoms with Crippen LogP contribution in [0.5, 0.6) is 0 Å². The topological polar surface area (TPSA) is 151 Å². The molecule has 5 atom stereocenters. The molecule has 0 radical (unpaired) electrons. The number of primary amides is 1. The lowest BCUT2D eigenvalue weighted by atomic mass is 9.80. The lowest BCUT2D eigenvalue weighted by Gasteiger charge is -2.36. The molecule has 5 N–H and O–H groups in total. The van der Waals surface area contributed by atoms with Crippen LogP contribution in [0.4, 0.5) is 4.79 Å². The van der Waals surface area contributed by atoms with Gasteiger partial charge in [0.25, 0.3) is 5.91 Å². The summed E-state index contributed by atoms with van der Waals surface area (Å²) in [5, 5.41) is 4.77. The first-order valence-electron chi connectivity index (χ1n) is 24.2. The summed E-state index contributed by atoms with van der Waals surface area (Å²) >= 11 is 0. The molecule has 1 aliphatic heterocycles. The Bertz CT molecular complexity index is 1720. The first-order valence-corrected chi connectivity index (χ1v) is 11.7. The second kappa shape index (κ2) is 10.5. The van der Waals surface area contributed by atoms with E-state index in [4.69, 9.17) is 40.0 Å². The number of rotatable bonds is 9. The van der Waals surface area contributed by atoms with Crippen molar-refractivity contribution < 1.29 is 58.2 Å². The third kappa shape index (κ3) is 6.86. The van der Waals surface area contributed by atoms with Gasteiger partial charge in [-0.2, -0.15) is 0 Å². The van der Waals surface area contributed by atoms with E-state index in [0.717, 1.165) is 0 Å². The summed E-state index contributed by atoms with van der Waals surface area (Å²) in [6.45, 7) is -33.1. The van der Waals surface area contributed by atoms with E-state index in [2.05, 4.69) is 0 Å². The zero-order chi connectivity index (χ0) is 49.7. The number of carbonyl (C=O) groups excluding carboxylic acids is 5. The Morgan fingerprint density at radius 3 is 2.29 bits per heavy atom. The van der Waals surface area contributed by atoms with Gasteiger partial charge < -0.3 is 26.6 Å². The highest BCUT2D eigenvalue weighted by atomic mass is 16.2. The van der Waals surface area contributed by atoms with Crippen LogP contribution in [-0.2, 0) is 19.2 Å². The van der Waals surface area contributed by atoms with E-state index in [1.807, 2.05) is 5.32 Å². The number of piperidine rings is 1. The number of Topliss-reactive ketones (excluding diaryl/α,β-unsaturated/α-hetero) is 1. The maximum atomic E-state index is 14.9. The number of urea groups is 1. The lowest BCUT2D eigenvalue weighted by Crippen LogP contribution is -2.60. The van der Waals surface area contributed by atoms with Crippen LogP contribution in [0.25, 0.3) is 0 Å². The largest absolute Gasteiger partial charge is 0.363 e. The average Bonchev–Trinajstić information content (AvgIpc) is 3.53. The highest BCUT2D eigenvalue weighted by molar-refractivity contribution is 6.37. The van der Waals surface area contributed by atoms with Crippen LogP contribution in [0, 0.1) is 28.6 Å². The molecule has 3 aliphatic rings. The number of nitrogens with zero attached hydrogens (tertiary/aromatic N) is 1. The Kier molecular flexibility index (Phi) is 2.96. The third-order valence-electron chi connectivity index (χ3n) is 6.96. The molecule has 10 nitrogen and oxygen atoms in total. The summed E-state index contributed by atoms with van der Waals surface area (Å²) in [5.41, 5.74) is -5.99. The molecule has 10 heteroatoms. The number of hydrogen-bond acceptors (Lipinski definition) is 5. The summed E-state index contributed by atoms with van der Waals surface area (Å²) in [5.74, 6) is -11.3. The van der Waals surface area contributed by atoms with E-state index in [0.29, 0.717) is 19.3 Å². The maximum Gasteiger partial charge on any atom is 0.315 e. The van der Waals surface area contributed by atoms with Crippen LogP contribution >= 0.6 is 0 Å². The van der Waals surface area contributed by atoms with E-state index < -0.39 is 156 Å². The van der Waals surface area contributed by atoms with Gasteiger partial charge in [-0.1, -0.05) is 53.5 Å².